The van der Waals surface area contributed by atoms with Crippen LogP contribution in [0, 0.1) is 11.8 Å². The maximum atomic E-state index is 12.8. The van der Waals surface area contributed by atoms with Crippen LogP contribution in [0.25, 0.3) is 0 Å². The van der Waals surface area contributed by atoms with Crippen molar-refractivity contribution >= 4 is 33.3 Å². The van der Waals surface area contributed by atoms with Gasteiger partial charge in [-0.25, -0.2) is 8.42 Å². The lowest BCUT2D eigenvalue weighted by Gasteiger charge is -2.11. The summed E-state index contributed by atoms with van der Waals surface area (Å²) in [5.74, 6) is 5.90. The van der Waals surface area contributed by atoms with Crippen LogP contribution in [0.3, 0.4) is 0 Å². The van der Waals surface area contributed by atoms with E-state index in [1.807, 2.05) is 26.0 Å². The normalized spacial score (nSPS) is 10.9. The zero-order valence-corrected chi connectivity index (χ0v) is 18.2. The van der Waals surface area contributed by atoms with Crippen LogP contribution < -0.4 is 4.72 Å². The second-order valence-electron chi connectivity index (χ2n) is 6.75. The summed E-state index contributed by atoms with van der Waals surface area (Å²) in [6.45, 7) is 4.09. The molecular formula is C22H24ClNO4S. The predicted molar refractivity (Wildman–Crippen MR) is 116 cm³/mol. The summed E-state index contributed by atoms with van der Waals surface area (Å²) in [5.41, 5.74) is 1.88. The molecular weight excluding hydrogens is 410 g/mol. The average molecular weight is 434 g/mol. The molecule has 29 heavy (non-hydrogen) atoms. The van der Waals surface area contributed by atoms with Gasteiger partial charge in [0.2, 0.25) is 0 Å². The SMILES string of the molecule is COC(=O)CCCC#Cc1cc(Cl)ccc1NS(=O)(=O)c1ccc(C(C)C)cc1. The first-order valence-electron chi connectivity index (χ1n) is 9.21. The minimum absolute atomic E-state index is 0.175. The molecule has 0 atom stereocenters. The number of benzene rings is 2. The number of carbonyl (C=O) groups is 1. The lowest BCUT2D eigenvalue weighted by molar-refractivity contribution is -0.140. The first-order chi connectivity index (χ1) is 13.7. The van der Waals surface area contributed by atoms with Crippen molar-refractivity contribution in [1.29, 1.82) is 0 Å². The van der Waals surface area contributed by atoms with Gasteiger partial charge in [-0.3, -0.25) is 9.52 Å². The summed E-state index contributed by atoms with van der Waals surface area (Å²) >= 11 is 6.05. The Hall–Kier alpha value is -2.49. The van der Waals surface area contributed by atoms with Crippen LogP contribution in [0.5, 0.6) is 0 Å². The second kappa shape index (κ2) is 10.3. The zero-order valence-electron chi connectivity index (χ0n) is 16.7. The number of unbranched alkanes of at least 4 members (excludes halogenated alkanes) is 1. The van der Waals surface area contributed by atoms with Gasteiger partial charge in [0, 0.05) is 17.9 Å². The van der Waals surface area contributed by atoms with Crippen molar-refractivity contribution in [2.45, 2.75) is 43.9 Å². The van der Waals surface area contributed by atoms with Crippen LogP contribution in [0.1, 0.15) is 50.2 Å². The van der Waals surface area contributed by atoms with Crippen molar-refractivity contribution in [1.82, 2.24) is 0 Å². The van der Waals surface area contributed by atoms with E-state index in [1.54, 1.807) is 30.3 Å². The molecule has 2 aromatic carbocycles. The van der Waals surface area contributed by atoms with Crippen LogP contribution in [0.15, 0.2) is 47.4 Å². The number of halogens is 1. The predicted octanol–water partition coefficient (Wildman–Crippen LogP) is 4.96. The molecule has 0 saturated carbocycles. The summed E-state index contributed by atoms with van der Waals surface area (Å²) in [4.78, 5) is 11.3. The Morgan fingerprint density at radius 3 is 2.48 bits per heavy atom. The minimum atomic E-state index is -3.76. The van der Waals surface area contributed by atoms with Gasteiger partial charge in [0.1, 0.15) is 0 Å². The zero-order chi connectivity index (χ0) is 21.4. The third-order valence-electron chi connectivity index (χ3n) is 4.22. The fraction of sp³-hybridized carbons (Fsp3) is 0.318. The Morgan fingerprint density at radius 1 is 1.17 bits per heavy atom. The molecule has 0 amide bonds. The van der Waals surface area contributed by atoms with Gasteiger partial charge in [-0.15, -0.1) is 0 Å². The van der Waals surface area contributed by atoms with Gasteiger partial charge < -0.3 is 4.74 Å². The van der Waals surface area contributed by atoms with Crippen molar-refractivity contribution < 1.29 is 17.9 Å². The van der Waals surface area contributed by atoms with Gasteiger partial charge in [-0.05, 0) is 48.2 Å². The maximum Gasteiger partial charge on any atom is 0.305 e. The van der Waals surface area contributed by atoms with E-state index < -0.39 is 10.0 Å². The van der Waals surface area contributed by atoms with Crippen LogP contribution in [-0.2, 0) is 19.6 Å². The number of anilines is 1. The Kier molecular flexibility index (Phi) is 8.12. The van der Waals surface area contributed by atoms with Crippen molar-refractivity contribution in [2.24, 2.45) is 0 Å². The smallest absolute Gasteiger partial charge is 0.305 e. The molecule has 0 radical (unpaired) electrons. The van der Waals surface area contributed by atoms with Crippen molar-refractivity contribution in [3.8, 4) is 11.8 Å². The van der Waals surface area contributed by atoms with Crippen LogP contribution >= 0.6 is 11.6 Å². The number of ether oxygens (including phenoxy) is 1. The van der Waals surface area contributed by atoms with Gasteiger partial charge >= 0.3 is 5.97 Å². The van der Waals surface area contributed by atoms with Crippen molar-refractivity contribution in [3.05, 3.63) is 58.6 Å². The van der Waals surface area contributed by atoms with E-state index in [1.165, 1.54) is 7.11 Å². The van der Waals surface area contributed by atoms with Crippen LogP contribution in [-0.4, -0.2) is 21.5 Å². The Labute approximate surface area is 177 Å². The number of hydrogen-bond donors (Lipinski definition) is 1. The van der Waals surface area contributed by atoms with Gasteiger partial charge in [0.05, 0.1) is 23.3 Å². The summed E-state index contributed by atoms with van der Waals surface area (Å²) in [7, 11) is -2.42. The van der Waals surface area contributed by atoms with Crippen LogP contribution in [0.2, 0.25) is 5.02 Å². The third kappa shape index (κ3) is 6.81. The highest BCUT2D eigenvalue weighted by atomic mass is 35.5. The molecule has 0 spiro atoms. The highest BCUT2D eigenvalue weighted by molar-refractivity contribution is 7.92. The fourth-order valence-electron chi connectivity index (χ4n) is 2.53. The molecule has 154 valence electrons. The number of methoxy groups -OCH3 is 1. The van der Waals surface area contributed by atoms with Crippen LogP contribution in [0.4, 0.5) is 5.69 Å². The monoisotopic (exact) mass is 433 g/mol. The van der Waals surface area contributed by atoms with Crippen molar-refractivity contribution in [3.63, 3.8) is 0 Å². The summed E-state index contributed by atoms with van der Waals surface area (Å²) in [6.07, 6.45) is 1.32. The molecule has 0 fully saturated rings. The van der Waals surface area contributed by atoms with E-state index in [-0.39, 0.29) is 17.3 Å². The molecule has 0 bridgehead atoms. The quantitative estimate of drug-likeness (QED) is 0.380. The fourth-order valence-corrected chi connectivity index (χ4v) is 3.78. The Bertz CT molecular complexity index is 1020. The van der Waals surface area contributed by atoms with Gasteiger partial charge in [-0.1, -0.05) is 49.4 Å². The van der Waals surface area contributed by atoms with E-state index in [0.29, 0.717) is 35.0 Å². The van der Waals surface area contributed by atoms with Gasteiger partial charge in [0.25, 0.3) is 10.0 Å². The molecule has 2 rings (SSSR count). The van der Waals surface area contributed by atoms with Gasteiger partial charge in [-0.2, -0.15) is 0 Å². The molecule has 0 heterocycles. The van der Waals surface area contributed by atoms with E-state index in [4.69, 9.17) is 11.6 Å². The standard InChI is InChI=1S/C22H24ClNO4S/c1-16(2)17-9-12-20(13-10-17)29(26,27)24-21-14-11-19(23)15-18(21)7-5-4-6-8-22(25)28-3/h9-16,24H,4,6,8H2,1-3H3. The van der Waals surface area contributed by atoms with E-state index in [2.05, 4.69) is 21.3 Å². The number of nitrogens with one attached hydrogen (secondary N) is 1. The molecule has 1 N–H and O–H groups in total. The maximum absolute atomic E-state index is 12.8. The average Bonchev–Trinajstić information content (AvgIpc) is 2.69. The van der Waals surface area contributed by atoms with E-state index in [0.717, 1.165) is 5.56 Å². The molecule has 7 heteroatoms. The lowest BCUT2D eigenvalue weighted by atomic mass is 10.0. The molecule has 5 nitrogen and oxygen atoms in total. The molecule has 0 unspecified atom stereocenters. The lowest BCUT2D eigenvalue weighted by Crippen LogP contribution is -2.14. The minimum Gasteiger partial charge on any atom is -0.469 e. The third-order valence-corrected chi connectivity index (χ3v) is 5.83. The molecule has 2 aromatic rings. The topological polar surface area (TPSA) is 72.5 Å². The summed E-state index contributed by atoms with van der Waals surface area (Å²) in [5, 5.41) is 0.452. The van der Waals surface area contributed by atoms with Gasteiger partial charge in [0.15, 0.2) is 0 Å². The second-order valence-corrected chi connectivity index (χ2v) is 8.87. The summed E-state index contributed by atoms with van der Waals surface area (Å²) in [6, 6.07) is 11.6. The Morgan fingerprint density at radius 2 is 1.86 bits per heavy atom. The number of rotatable bonds is 7. The van der Waals surface area contributed by atoms with E-state index in [9.17, 15) is 13.2 Å². The van der Waals surface area contributed by atoms with E-state index >= 15 is 0 Å². The number of esters is 1. The molecule has 0 aromatic heterocycles. The Balaban J connectivity index is 2.19. The molecule has 0 aliphatic carbocycles. The molecule has 0 saturated heterocycles. The summed E-state index contributed by atoms with van der Waals surface area (Å²) < 4.78 is 32.7. The molecule has 0 aliphatic heterocycles. The highest BCUT2D eigenvalue weighted by Gasteiger charge is 2.16. The number of hydrogen-bond acceptors (Lipinski definition) is 4. The number of carbonyl (C=O) groups excluding carboxylic acids is 1. The largest absolute Gasteiger partial charge is 0.469 e. The molecule has 0 aliphatic rings. The first kappa shape index (κ1) is 22.8. The van der Waals surface area contributed by atoms with Crippen molar-refractivity contribution in [2.75, 3.05) is 11.8 Å². The first-order valence-corrected chi connectivity index (χ1v) is 11.1. The highest BCUT2D eigenvalue weighted by Crippen LogP contribution is 2.24. The number of sulfonamides is 1.